The molecule has 1 heterocycles. The lowest BCUT2D eigenvalue weighted by atomic mass is 10.1. The normalized spacial score (nSPS) is 15.1. The standard InChI is InChI=1S/C13H16N4/c1-9-4-10(7-14-12-2-3-12)6-11(5-9)13-15-8-16-17-13/h4-6,8,12,14H,2-3,7H2,1H3,(H,15,16,17). The first-order valence-corrected chi connectivity index (χ1v) is 6.01. The number of hydrogen-bond donors (Lipinski definition) is 2. The molecule has 1 aromatic heterocycles. The molecule has 2 aromatic rings. The highest BCUT2D eigenvalue weighted by Gasteiger charge is 2.20. The molecule has 88 valence electrons. The maximum Gasteiger partial charge on any atom is 0.155 e. The Bertz CT molecular complexity index is 500. The lowest BCUT2D eigenvalue weighted by Crippen LogP contribution is -2.15. The van der Waals surface area contributed by atoms with E-state index in [9.17, 15) is 0 Å². The molecule has 17 heavy (non-hydrogen) atoms. The number of aromatic nitrogens is 3. The van der Waals surface area contributed by atoms with E-state index in [1.165, 1.54) is 24.0 Å². The second-order valence-corrected chi connectivity index (χ2v) is 4.70. The summed E-state index contributed by atoms with van der Waals surface area (Å²) in [4.78, 5) is 4.19. The van der Waals surface area contributed by atoms with Gasteiger partial charge in [-0.3, -0.25) is 5.10 Å². The number of aromatic amines is 1. The molecule has 0 amide bonds. The molecule has 0 saturated heterocycles. The average Bonchev–Trinajstić information content (AvgIpc) is 2.98. The molecule has 0 aliphatic heterocycles. The molecular formula is C13H16N4. The highest BCUT2D eigenvalue weighted by molar-refractivity contribution is 5.57. The van der Waals surface area contributed by atoms with Crippen molar-refractivity contribution in [2.24, 2.45) is 0 Å². The lowest BCUT2D eigenvalue weighted by Gasteiger charge is -2.07. The number of rotatable bonds is 4. The zero-order valence-corrected chi connectivity index (χ0v) is 9.90. The van der Waals surface area contributed by atoms with Crippen LogP contribution in [0.3, 0.4) is 0 Å². The number of aryl methyl sites for hydroxylation is 1. The van der Waals surface area contributed by atoms with Gasteiger partial charge in [-0.2, -0.15) is 5.10 Å². The molecule has 1 aliphatic rings. The fourth-order valence-electron chi connectivity index (χ4n) is 2.00. The van der Waals surface area contributed by atoms with Gasteiger partial charge in [0, 0.05) is 18.2 Å². The summed E-state index contributed by atoms with van der Waals surface area (Å²) in [5.41, 5.74) is 3.67. The van der Waals surface area contributed by atoms with Crippen LogP contribution in [-0.2, 0) is 6.54 Å². The van der Waals surface area contributed by atoms with Crippen molar-refractivity contribution < 1.29 is 0 Å². The van der Waals surface area contributed by atoms with E-state index < -0.39 is 0 Å². The van der Waals surface area contributed by atoms with E-state index in [0.29, 0.717) is 0 Å². The summed E-state index contributed by atoms with van der Waals surface area (Å²) in [6.45, 7) is 3.05. The van der Waals surface area contributed by atoms with Crippen molar-refractivity contribution in [2.75, 3.05) is 0 Å². The molecule has 0 radical (unpaired) electrons. The molecule has 2 N–H and O–H groups in total. The fraction of sp³-hybridized carbons (Fsp3) is 0.385. The Kier molecular flexibility index (Phi) is 2.65. The van der Waals surface area contributed by atoms with E-state index in [1.807, 2.05) is 0 Å². The van der Waals surface area contributed by atoms with Crippen LogP contribution in [0, 0.1) is 6.92 Å². The van der Waals surface area contributed by atoms with Crippen LogP contribution in [0.2, 0.25) is 0 Å². The molecule has 0 bridgehead atoms. The summed E-state index contributed by atoms with van der Waals surface area (Å²) in [5, 5.41) is 10.3. The maximum atomic E-state index is 4.19. The van der Waals surface area contributed by atoms with Crippen molar-refractivity contribution in [1.29, 1.82) is 0 Å². The Hall–Kier alpha value is -1.68. The Morgan fingerprint density at radius 3 is 2.94 bits per heavy atom. The summed E-state index contributed by atoms with van der Waals surface area (Å²) < 4.78 is 0. The molecular weight excluding hydrogens is 212 g/mol. The smallest absolute Gasteiger partial charge is 0.155 e. The molecule has 1 saturated carbocycles. The van der Waals surface area contributed by atoms with Crippen LogP contribution in [0.15, 0.2) is 24.5 Å². The largest absolute Gasteiger partial charge is 0.310 e. The Morgan fingerprint density at radius 1 is 1.35 bits per heavy atom. The summed E-state index contributed by atoms with van der Waals surface area (Å²) in [5.74, 6) is 0.835. The number of nitrogens with zero attached hydrogens (tertiary/aromatic N) is 2. The van der Waals surface area contributed by atoms with Crippen molar-refractivity contribution in [3.63, 3.8) is 0 Å². The summed E-state index contributed by atoms with van der Waals surface area (Å²) in [6.07, 6.45) is 4.18. The first kappa shape index (κ1) is 10.5. The second-order valence-electron chi connectivity index (χ2n) is 4.70. The van der Waals surface area contributed by atoms with E-state index in [0.717, 1.165) is 24.0 Å². The van der Waals surface area contributed by atoms with E-state index >= 15 is 0 Å². The van der Waals surface area contributed by atoms with Gasteiger partial charge < -0.3 is 5.32 Å². The second kappa shape index (κ2) is 4.30. The molecule has 1 aromatic carbocycles. The Morgan fingerprint density at radius 2 is 2.24 bits per heavy atom. The topological polar surface area (TPSA) is 53.6 Å². The van der Waals surface area contributed by atoms with Crippen LogP contribution in [0.4, 0.5) is 0 Å². The minimum absolute atomic E-state index is 0.740. The van der Waals surface area contributed by atoms with Gasteiger partial charge in [0.25, 0.3) is 0 Å². The first-order chi connectivity index (χ1) is 8.31. The minimum Gasteiger partial charge on any atom is -0.310 e. The summed E-state index contributed by atoms with van der Waals surface area (Å²) >= 11 is 0. The van der Waals surface area contributed by atoms with Gasteiger partial charge in [-0.1, -0.05) is 11.6 Å². The third-order valence-electron chi connectivity index (χ3n) is 3.00. The van der Waals surface area contributed by atoms with Crippen molar-refractivity contribution in [3.05, 3.63) is 35.7 Å². The van der Waals surface area contributed by atoms with Crippen LogP contribution in [0.5, 0.6) is 0 Å². The first-order valence-electron chi connectivity index (χ1n) is 6.01. The molecule has 1 fully saturated rings. The monoisotopic (exact) mass is 228 g/mol. The van der Waals surface area contributed by atoms with Gasteiger partial charge in [0.2, 0.25) is 0 Å². The van der Waals surface area contributed by atoms with Crippen LogP contribution >= 0.6 is 0 Å². The van der Waals surface area contributed by atoms with Crippen LogP contribution in [0.1, 0.15) is 24.0 Å². The minimum atomic E-state index is 0.740. The zero-order chi connectivity index (χ0) is 11.7. The molecule has 0 spiro atoms. The molecule has 0 unspecified atom stereocenters. The van der Waals surface area contributed by atoms with Gasteiger partial charge in [0.15, 0.2) is 5.82 Å². The van der Waals surface area contributed by atoms with Gasteiger partial charge >= 0.3 is 0 Å². The Labute approximate surface area is 100 Å². The summed E-state index contributed by atoms with van der Waals surface area (Å²) in [6, 6.07) is 7.25. The van der Waals surface area contributed by atoms with Gasteiger partial charge in [-0.25, -0.2) is 4.98 Å². The van der Waals surface area contributed by atoms with E-state index in [1.54, 1.807) is 6.33 Å². The van der Waals surface area contributed by atoms with Crippen molar-refractivity contribution in [3.8, 4) is 11.4 Å². The van der Waals surface area contributed by atoms with Gasteiger partial charge in [-0.15, -0.1) is 0 Å². The quantitative estimate of drug-likeness (QED) is 0.842. The van der Waals surface area contributed by atoms with E-state index in [2.05, 4.69) is 45.6 Å². The highest BCUT2D eigenvalue weighted by Crippen LogP contribution is 2.21. The molecule has 4 heteroatoms. The SMILES string of the molecule is Cc1cc(CNC2CC2)cc(-c2ncn[nH]2)c1. The molecule has 0 atom stereocenters. The number of benzene rings is 1. The van der Waals surface area contributed by atoms with Gasteiger partial charge in [0.1, 0.15) is 6.33 Å². The molecule has 3 rings (SSSR count). The molecule has 4 nitrogen and oxygen atoms in total. The fourth-order valence-corrected chi connectivity index (χ4v) is 2.00. The zero-order valence-electron chi connectivity index (χ0n) is 9.90. The van der Waals surface area contributed by atoms with E-state index in [-0.39, 0.29) is 0 Å². The van der Waals surface area contributed by atoms with Gasteiger partial charge in [-0.05, 0) is 37.5 Å². The van der Waals surface area contributed by atoms with Gasteiger partial charge in [0.05, 0.1) is 0 Å². The van der Waals surface area contributed by atoms with Crippen molar-refractivity contribution in [1.82, 2.24) is 20.5 Å². The average molecular weight is 228 g/mol. The Balaban J connectivity index is 1.83. The van der Waals surface area contributed by atoms with E-state index in [4.69, 9.17) is 0 Å². The van der Waals surface area contributed by atoms with Crippen LogP contribution in [0.25, 0.3) is 11.4 Å². The number of hydrogen-bond acceptors (Lipinski definition) is 3. The summed E-state index contributed by atoms with van der Waals surface area (Å²) in [7, 11) is 0. The third kappa shape index (κ3) is 2.53. The van der Waals surface area contributed by atoms with Crippen LogP contribution in [-0.4, -0.2) is 21.2 Å². The maximum absolute atomic E-state index is 4.19. The number of nitrogens with one attached hydrogen (secondary N) is 2. The predicted molar refractivity (Wildman–Crippen MR) is 66.4 cm³/mol. The van der Waals surface area contributed by atoms with Crippen LogP contribution < -0.4 is 5.32 Å². The van der Waals surface area contributed by atoms with Crippen molar-refractivity contribution >= 4 is 0 Å². The number of H-pyrrole nitrogens is 1. The predicted octanol–water partition coefficient (Wildman–Crippen LogP) is 2.03. The van der Waals surface area contributed by atoms with Crippen molar-refractivity contribution in [2.45, 2.75) is 32.4 Å². The lowest BCUT2D eigenvalue weighted by molar-refractivity contribution is 0.687. The molecule has 1 aliphatic carbocycles. The third-order valence-corrected chi connectivity index (χ3v) is 3.00. The highest BCUT2D eigenvalue weighted by atomic mass is 15.2.